The zero-order valence-electron chi connectivity index (χ0n) is 12.4. The molecule has 23 heavy (non-hydrogen) atoms. The maximum Gasteiger partial charge on any atom is 0.372 e. The molecule has 0 aliphatic carbocycles. The number of benzene rings is 1. The number of hydrogen-bond acceptors (Lipinski definition) is 4. The third-order valence-corrected chi connectivity index (χ3v) is 5.08. The van der Waals surface area contributed by atoms with E-state index in [2.05, 4.69) is 0 Å². The van der Waals surface area contributed by atoms with Gasteiger partial charge in [-0.2, -0.15) is 11.8 Å². The molecular formula is C17H17FO4S. The molecule has 1 aromatic carbocycles. The van der Waals surface area contributed by atoms with Gasteiger partial charge in [0.05, 0.1) is 0 Å². The van der Waals surface area contributed by atoms with Crippen LogP contribution in [0.25, 0.3) is 0 Å². The van der Waals surface area contributed by atoms with Crippen LogP contribution in [0.3, 0.4) is 0 Å². The van der Waals surface area contributed by atoms with Crippen molar-refractivity contribution in [3.8, 4) is 0 Å². The van der Waals surface area contributed by atoms with Crippen LogP contribution < -0.4 is 0 Å². The fourth-order valence-corrected chi connectivity index (χ4v) is 3.92. The summed E-state index contributed by atoms with van der Waals surface area (Å²) in [6.45, 7) is 0. The molecule has 0 saturated carbocycles. The second-order valence-corrected chi connectivity index (χ2v) is 6.94. The summed E-state index contributed by atoms with van der Waals surface area (Å²) in [6, 6.07) is 7.52. The van der Waals surface area contributed by atoms with Crippen LogP contribution in [-0.2, 0) is 12.0 Å². The zero-order valence-corrected chi connectivity index (χ0v) is 13.2. The summed E-state index contributed by atoms with van der Waals surface area (Å²) in [4.78, 5) is 11.4. The van der Waals surface area contributed by atoms with E-state index in [-0.39, 0.29) is 11.6 Å². The first-order valence-corrected chi connectivity index (χ1v) is 8.54. The highest BCUT2D eigenvalue weighted by molar-refractivity contribution is 7.99. The van der Waals surface area contributed by atoms with Gasteiger partial charge in [-0.25, -0.2) is 9.18 Å². The lowest BCUT2D eigenvalue weighted by Crippen LogP contribution is -2.30. The van der Waals surface area contributed by atoms with Gasteiger partial charge in [-0.3, -0.25) is 0 Å². The number of rotatable bonds is 4. The maximum atomic E-state index is 13.0. The molecule has 0 unspecified atom stereocenters. The Labute approximate surface area is 137 Å². The first-order valence-electron chi connectivity index (χ1n) is 7.39. The monoisotopic (exact) mass is 336 g/mol. The largest absolute Gasteiger partial charge is 0.475 e. The van der Waals surface area contributed by atoms with Gasteiger partial charge in [-0.15, -0.1) is 0 Å². The van der Waals surface area contributed by atoms with Crippen molar-refractivity contribution in [2.75, 3.05) is 11.5 Å². The number of thioether (sulfide) groups is 1. The molecule has 1 saturated heterocycles. The zero-order chi connectivity index (χ0) is 16.4. The number of furan rings is 1. The second kappa shape index (κ2) is 6.37. The molecule has 122 valence electrons. The molecule has 3 rings (SSSR count). The maximum absolute atomic E-state index is 13.0. The third-order valence-electron chi connectivity index (χ3n) is 4.09. The van der Waals surface area contributed by atoms with Crippen molar-refractivity contribution in [2.24, 2.45) is 0 Å². The highest BCUT2D eigenvalue weighted by Crippen LogP contribution is 2.38. The summed E-state index contributed by atoms with van der Waals surface area (Å²) in [7, 11) is 0. The van der Waals surface area contributed by atoms with E-state index in [0.29, 0.717) is 30.6 Å². The molecule has 6 heteroatoms. The van der Waals surface area contributed by atoms with Crippen molar-refractivity contribution in [1.82, 2.24) is 0 Å². The van der Waals surface area contributed by atoms with E-state index in [1.54, 1.807) is 30.0 Å². The van der Waals surface area contributed by atoms with Crippen LogP contribution in [0.5, 0.6) is 0 Å². The highest BCUT2D eigenvalue weighted by atomic mass is 32.2. The summed E-state index contributed by atoms with van der Waals surface area (Å²) in [5, 5.41) is 20.1. The Hall–Kier alpha value is -1.79. The van der Waals surface area contributed by atoms with Crippen molar-refractivity contribution in [1.29, 1.82) is 0 Å². The normalized spacial score (nSPS) is 17.1. The van der Waals surface area contributed by atoms with Gasteiger partial charge in [-0.1, -0.05) is 12.1 Å². The van der Waals surface area contributed by atoms with Crippen molar-refractivity contribution >= 4 is 17.7 Å². The Kier molecular flexibility index (Phi) is 4.46. The van der Waals surface area contributed by atoms with Crippen LogP contribution in [0.4, 0.5) is 4.39 Å². The van der Waals surface area contributed by atoms with Gasteiger partial charge in [-0.05, 0) is 48.1 Å². The Morgan fingerprint density at radius 1 is 1.26 bits per heavy atom. The molecule has 1 aliphatic rings. The average molecular weight is 336 g/mol. The van der Waals surface area contributed by atoms with E-state index in [0.717, 1.165) is 17.1 Å². The van der Waals surface area contributed by atoms with E-state index >= 15 is 0 Å². The summed E-state index contributed by atoms with van der Waals surface area (Å²) in [5.74, 6) is 0.277. The van der Waals surface area contributed by atoms with Gasteiger partial charge in [0.1, 0.15) is 17.2 Å². The van der Waals surface area contributed by atoms with Crippen LogP contribution >= 0.6 is 11.8 Å². The molecular weight excluding hydrogens is 319 g/mol. The Morgan fingerprint density at radius 2 is 1.91 bits per heavy atom. The van der Waals surface area contributed by atoms with E-state index in [4.69, 9.17) is 4.42 Å². The van der Waals surface area contributed by atoms with Crippen LogP contribution in [0.2, 0.25) is 0 Å². The molecule has 1 fully saturated rings. The summed E-state index contributed by atoms with van der Waals surface area (Å²) in [6.07, 6.45) is 1.40. The van der Waals surface area contributed by atoms with Gasteiger partial charge in [0, 0.05) is 12.0 Å². The molecule has 2 heterocycles. The lowest BCUT2D eigenvalue weighted by Gasteiger charge is -2.29. The number of hydrogen-bond donors (Lipinski definition) is 2. The summed E-state index contributed by atoms with van der Waals surface area (Å²) >= 11 is 1.76. The third kappa shape index (κ3) is 3.43. The van der Waals surface area contributed by atoms with E-state index in [9.17, 15) is 19.4 Å². The molecule has 2 aromatic rings. The quantitative estimate of drug-likeness (QED) is 0.895. The first-order chi connectivity index (χ1) is 11.0. The van der Waals surface area contributed by atoms with E-state index in [1.165, 1.54) is 12.1 Å². The lowest BCUT2D eigenvalue weighted by molar-refractivity contribution is 0.00522. The number of carboxylic acids is 1. The summed E-state index contributed by atoms with van der Waals surface area (Å²) < 4.78 is 18.5. The van der Waals surface area contributed by atoms with Gasteiger partial charge in [0.2, 0.25) is 5.76 Å². The molecule has 0 amide bonds. The van der Waals surface area contributed by atoms with Crippen LogP contribution in [0.15, 0.2) is 34.7 Å². The number of aliphatic hydroxyl groups is 1. The Balaban J connectivity index is 1.92. The Bertz CT molecular complexity index is 702. The molecule has 0 radical (unpaired) electrons. The standard InChI is InChI=1S/C17H17FO4S/c18-13-3-1-11(2-4-13)9-12-10-14(22-15(12)16(19)20)17(21)5-7-23-8-6-17/h1-4,10,21H,5-9H2,(H,19,20). The molecule has 1 aromatic heterocycles. The van der Waals surface area contributed by atoms with Crippen LogP contribution in [-0.4, -0.2) is 27.7 Å². The molecule has 4 nitrogen and oxygen atoms in total. The van der Waals surface area contributed by atoms with Crippen molar-refractivity contribution in [3.63, 3.8) is 0 Å². The van der Waals surface area contributed by atoms with Crippen molar-refractivity contribution < 1.29 is 23.8 Å². The van der Waals surface area contributed by atoms with Crippen molar-refractivity contribution in [2.45, 2.75) is 24.9 Å². The minimum Gasteiger partial charge on any atom is -0.475 e. The number of carbonyl (C=O) groups is 1. The van der Waals surface area contributed by atoms with Gasteiger partial charge in [0.25, 0.3) is 0 Å². The fraction of sp³-hybridized carbons (Fsp3) is 0.353. The molecule has 0 atom stereocenters. The smallest absolute Gasteiger partial charge is 0.372 e. The fourth-order valence-electron chi connectivity index (χ4n) is 2.75. The van der Waals surface area contributed by atoms with E-state index < -0.39 is 11.6 Å². The molecule has 2 N–H and O–H groups in total. The molecule has 0 bridgehead atoms. The number of aromatic carboxylic acids is 1. The van der Waals surface area contributed by atoms with E-state index in [1.807, 2.05) is 0 Å². The minimum absolute atomic E-state index is 0.157. The number of carboxylic acid groups (broad SMARTS) is 1. The minimum atomic E-state index is -1.16. The van der Waals surface area contributed by atoms with Crippen LogP contribution in [0, 0.1) is 5.82 Å². The first kappa shape index (κ1) is 16.1. The van der Waals surface area contributed by atoms with Gasteiger partial charge >= 0.3 is 5.97 Å². The van der Waals surface area contributed by atoms with Gasteiger partial charge < -0.3 is 14.6 Å². The number of halogens is 1. The highest BCUT2D eigenvalue weighted by Gasteiger charge is 2.36. The van der Waals surface area contributed by atoms with Crippen LogP contribution in [0.1, 0.15) is 40.3 Å². The Morgan fingerprint density at radius 3 is 2.52 bits per heavy atom. The second-order valence-electron chi connectivity index (χ2n) is 5.72. The SMILES string of the molecule is O=C(O)c1oc(C2(O)CCSCC2)cc1Cc1ccc(F)cc1. The molecule has 1 aliphatic heterocycles. The predicted octanol–water partition coefficient (Wildman–Crippen LogP) is 3.42. The van der Waals surface area contributed by atoms with Crippen molar-refractivity contribution in [3.05, 3.63) is 58.8 Å². The summed E-state index contributed by atoms with van der Waals surface area (Å²) in [5.41, 5.74) is 0.175. The molecule has 0 spiro atoms. The van der Waals surface area contributed by atoms with Gasteiger partial charge in [0.15, 0.2) is 0 Å². The predicted molar refractivity (Wildman–Crippen MR) is 85.3 cm³/mol. The topological polar surface area (TPSA) is 70.7 Å². The lowest BCUT2D eigenvalue weighted by atomic mass is 9.93. The average Bonchev–Trinajstić information content (AvgIpc) is 2.95.